The average Bonchev–Trinajstić information content (AvgIpc) is 2.71. The molecule has 0 spiro atoms. The third-order valence-electron chi connectivity index (χ3n) is 3.54. The summed E-state index contributed by atoms with van der Waals surface area (Å²) in [5.74, 6) is 0. The normalized spacial score (nSPS) is 28.9. The minimum Gasteiger partial charge on any atom is -0.330 e. The second-order valence-corrected chi connectivity index (χ2v) is 5.10. The van der Waals surface area contributed by atoms with Crippen LogP contribution in [0.1, 0.15) is 25.8 Å². The van der Waals surface area contributed by atoms with Crippen molar-refractivity contribution >= 4 is 11.6 Å². The molecule has 1 aromatic rings. The molecule has 2 rings (SSSR count). The standard InChI is InChI=1S/C11H15ClN2/c1-10(2)6-11(10,7-13)8-3-4-9(12)14-5-8/h3-5H,6-7,13H2,1-2H3. The van der Waals surface area contributed by atoms with E-state index >= 15 is 0 Å². The highest BCUT2D eigenvalue weighted by Gasteiger charge is 2.61. The highest BCUT2D eigenvalue weighted by atomic mass is 35.5. The summed E-state index contributed by atoms with van der Waals surface area (Å²) >= 11 is 5.75. The number of nitrogens with two attached hydrogens (primary N) is 1. The van der Waals surface area contributed by atoms with Crippen molar-refractivity contribution in [1.29, 1.82) is 0 Å². The van der Waals surface area contributed by atoms with E-state index in [1.165, 1.54) is 5.56 Å². The molecule has 0 amide bonds. The number of pyridine rings is 1. The van der Waals surface area contributed by atoms with E-state index < -0.39 is 0 Å². The third kappa shape index (κ3) is 1.25. The van der Waals surface area contributed by atoms with Crippen molar-refractivity contribution in [2.24, 2.45) is 11.1 Å². The fraction of sp³-hybridized carbons (Fsp3) is 0.545. The molecule has 1 aliphatic carbocycles. The monoisotopic (exact) mass is 210 g/mol. The van der Waals surface area contributed by atoms with Gasteiger partial charge in [0.1, 0.15) is 5.15 Å². The van der Waals surface area contributed by atoms with Crippen molar-refractivity contribution in [1.82, 2.24) is 4.98 Å². The zero-order valence-corrected chi connectivity index (χ0v) is 9.30. The summed E-state index contributed by atoms with van der Waals surface area (Å²) < 4.78 is 0. The smallest absolute Gasteiger partial charge is 0.129 e. The second-order valence-electron chi connectivity index (χ2n) is 4.72. The summed E-state index contributed by atoms with van der Waals surface area (Å²) in [6, 6.07) is 3.87. The molecule has 76 valence electrons. The molecule has 1 aromatic heterocycles. The van der Waals surface area contributed by atoms with Gasteiger partial charge in [-0.2, -0.15) is 0 Å². The SMILES string of the molecule is CC1(C)CC1(CN)c1ccc(Cl)nc1. The Morgan fingerprint density at radius 3 is 2.50 bits per heavy atom. The Morgan fingerprint density at radius 2 is 2.14 bits per heavy atom. The van der Waals surface area contributed by atoms with Gasteiger partial charge in [0.2, 0.25) is 0 Å². The van der Waals surface area contributed by atoms with Gasteiger partial charge in [-0.05, 0) is 23.5 Å². The quantitative estimate of drug-likeness (QED) is 0.762. The largest absolute Gasteiger partial charge is 0.330 e. The summed E-state index contributed by atoms with van der Waals surface area (Å²) in [5.41, 5.74) is 7.50. The van der Waals surface area contributed by atoms with Crippen molar-refractivity contribution in [3.05, 3.63) is 29.0 Å². The van der Waals surface area contributed by atoms with E-state index in [9.17, 15) is 0 Å². The minimum absolute atomic E-state index is 0.130. The Bertz CT molecular complexity index is 345. The van der Waals surface area contributed by atoms with Gasteiger partial charge in [0, 0.05) is 18.2 Å². The first-order chi connectivity index (χ1) is 6.52. The lowest BCUT2D eigenvalue weighted by Crippen LogP contribution is -2.25. The number of halogens is 1. The molecule has 1 saturated carbocycles. The van der Waals surface area contributed by atoms with Gasteiger partial charge in [0.15, 0.2) is 0 Å². The maximum Gasteiger partial charge on any atom is 0.129 e. The zero-order valence-electron chi connectivity index (χ0n) is 8.55. The topological polar surface area (TPSA) is 38.9 Å². The summed E-state index contributed by atoms with van der Waals surface area (Å²) in [5, 5.41) is 0.541. The fourth-order valence-electron chi connectivity index (χ4n) is 2.33. The van der Waals surface area contributed by atoms with Crippen molar-refractivity contribution in [3.63, 3.8) is 0 Å². The van der Waals surface area contributed by atoms with Gasteiger partial charge in [-0.15, -0.1) is 0 Å². The first-order valence-electron chi connectivity index (χ1n) is 4.84. The van der Waals surface area contributed by atoms with Gasteiger partial charge in [0.25, 0.3) is 0 Å². The van der Waals surface area contributed by atoms with Crippen LogP contribution >= 0.6 is 11.6 Å². The van der Waals surface area contributed by atoms with Crippen LogP contribution in [-0.4, -0.2) is 11.5 Å². The van der Waals surface area contributed by atoms with Gasteiger partial charge in [-0.3, -0.25) is 0 Å². The molecule has 14 heavy (non-hydrogen) atoms. The maximum atomic E-state index is 5.85. The summed E-state index contributed by atoms with van der Waals surface area (Å²) in [6.07, 6.45) is 2.99. The summed E-state index contributed by atoms with van der Waals surface area (Å²) in [6.45, 7) is 5.17. The molecule has 0 saturated heterocycles. The number of nitrogens with zero attached hydrogens (tertiary/aromatic N) is 1. The molecule has 0 aliphatic heterocycles. The van der Waals surface area contributed by atoms with Gasteiger partial charge in [-0.25, -0.2) is 4.98 Å². The molecule has 1 heterocycles. The van der Waals surface area contributed by atoms with Crippen LogP contribution in [0.15, 0.2) is 18.3 Å². The highest BCUT2D eigenvalue weighted by Crippen LogP contribution is 2.63. The Labute approximate surface area is 89.5 Å². The number of rotatable bonds is 2. The van der Waals surface area contributed by atoms with Crippen molar-refractivity contribution < 1.29 is 0 Å². The lowest BCUT2D eigenvalue weighted by Gasteiger charge is -2.18. The molecule has 1 atom stereocenters. The lowest BCUT2D eigenvalue weighted by molar-refractivity contribution is 0.502. The molecule has 2 N–H and O–H groups in total. The van der Waals surface area contributed by atoms with E-state index in [1.807, 2.05) is 18.3 Å². The Hall–Kier alpha value is -0.600. The predicted molar refractivity (Wildman–Crippen MR) is 58.4 cm³/mol. The molecular formula is C11H15ClN2. The molecule has 1 aliphatic rings. The molecule has 1 unspecified atom stereocenters. The van der Waals surface area contributed by atoms with Crippen LogP contribution < -0.4 is 5.73 Å². The van der Waals surface area contributed by atoms with Crippen LogP contribution in [0.3, 0.4) is 0 Å². The second kappa shape index (κ2) is 2.94. The van der Waals surface area contributed by atoms with E-state index in [0.29, 0.717) is 17.1 Å². The van der Waals surface area contributed by atoms with Crippen molar-refractivity contribution in [2.75, 3.05) is 6.54 Å². The van der Waals surface area contributed by atoms with Crippen molar-refractivity contribution in [2.45, 2.75) is 25.7 Å². The van der Waals surface area contributed by atoms with Gasteiger partial charge < -0.3 is 5.73 Å². The number of aromatic nitrogens is 1. The molecule has 0 radical (unpaired) electrons. The molecular weight excluding hydrogens is 196 g/mol. The van der Waals surface area contributed by atoms with Crippen LogP contribution in [0, 0.1) is 5.41 Å². The third-order valence-corrected chi connectivity index (χ3v) is 3.77. The lowest BCUT2D eigenvalue weighted by atomic mass is 9.89. The molecule has 2 nitrogen and oxygen atoms in total. The van der Waals surface area contributed by atoms with Crippen LogP contribution in [0.5, 0.6) is 0 Å². The first-order valence-corrected chi connectivity index (χ1v) is 5.22. The fourth-order valence-corrected chi connectivity index (χ4v) is 2.44. The predicted octanol–water partition coefficient (Wildman–Crippen LogP) is 2.36. The van der Waals surface area contributed by atoms with E-state index in [2.05, 4.69) is 18.8 Å². The van der Waals surface area contributed by atoms with Crippen LogP contribution in [0.25, 0.3) is 0 Å². The van der Waals surface area contributed by atoms with Crippen LogP contribution in [0.4, 0.5) is 0 Å². The maximum absolute atomic E-state index is 5.85. The van der Waals surface area contributed by atoms with E-state index in [1.54, 1.807) is 0 Å². The highest BCUT2D eigenvalue weighted by molar-refractivity contribution is 6.29. The van der Waals surface area contributed by atoms with Gasteiger partial charge in [0.05, 0.1) is 0 Å². The number of hydrogen-bond acceptors (Lipinski definition) is 2. The minimum atomic E-state index is 0.130. The molecule has 0 bridgehead atoms. The van der Waals surface area contributed by atoms with E-state index in [-0.39, 0.29) is 5.41 Å². The molecule has 3 heteroatoms. The summed E-state index contributed by atoms with van der Waals surface area (Å²) in [7, 11) is 0. The Kier molecular flexibility index (Phi) is 2.09. The van der Waals surface area contributed by atoms with Crippen molar-refractivity contribution in [3.8, 4) is 0 Å². The Balaban J connectivity index is 2.36. The summed E-state index contributed by atoms with van der Waals surface area (Å²) in [4.78, 5) is 4.11. The Morgan fingerprint density at radius 1 is 1.50 bits per heavy atom. The number of hydrogen-bond donors (Lipinski definition) is 1. The average molecular weight is 211 g/mol. The van der Waals surface area contributed by atoms with Gasteiger partial charge in [-0.1, -0.05) is 31.5 Å². The van der Waals surface area contributed by atoms with E-state index in [4.69, 9.17) is 17.3 Å². The van der Waals surface area contributed by atoms with Crippen LogP contribution in [0.2, 0.25) is 5.15 Å². The zero-order chi connectivity index (χ0) is 10.4. The van der Waals surface area contributed by atoms with Crippen LogP contribution in [-0.2, 0) is 5.41 Å². The first kappa shape index (κ1) is 9.94. The molecule has 0 aromatic carbocycles. The van der Waals surface area contributed by atoms with Gasteiger partial charge >= 0.3 is 0 Å². The molecule has 1 fully saturated rings. The van der Waals surface area contributed by atoms with E-state index in [0.717, 1.165) is 6.42 Å².